The van der Waals surface area contributed by atoms with Gasteiger partial charge in [-0.2, -0.15) is 16.1 Å². The fraction of sp³-hybridized carbons (Fsp3) is 0.714. The Morgan fingerprint density at radius 3 is 2.95 bits per heavy atom. The Kier molecular flexibility index (Phi) is 6.16. The highest BCUT2D eigenvalue weighted by molar-refractivity contribution is 7.99. The third-order valence-electron chi connectivity index (χ3n) is 3.45. The first-order valence-corrected chi connectivity index (χ1v) is 10.0. The minimum absolute atomic E-state index is 0.322. The van der Waals surface area contributed by atoms with Gasteiger partial charge in [0.15, 0.2) is 0 Å². The van der Waals surface area contributed by atoms with Gasteiger partial charge in [-0.3, -0.25) is 0 Å². The molecule has 7 heteroatoms. The van der Waals surface area contributed by atoms with Gasteiger partial charge in [-0.25, -0.2) is 8.42 Å². The second kappa shape index (κ2) is 7.67. The van der Waals surface area contributed by atoms with Gasteiger partial charge >= 0.3 is 0 Å². The van der Waals surface area contributed by atoms with Crippen LogP contribution in [-0.4, -0.2) is 43.9 Å². The smallest absolute Gasteiger partial charge is 0.246 e. The highest BCUT2D eigenvalue weighted by atomic mass is 32.2. The summed E-state index contributed by atoms with van der Waals surface area (Å²) in [4.78, 5) is 0.322. The van der Waals surface area contributed by atoms with Gasteiger partial charge in [-0.1, -0.05) is 6.92 Å². The number of furan rings is 1. The number of nitrogens with zero attached hydrogens (tertiary/aromatic N) is 1. The molecule has 0 bridgehead atoms. The summed E-state index contributed by atoms with van der Waals surface area (Å²) in [6, 6.07) is 1.67. The van der Waals surface area contributed by atoms with Crippen molar-refractivity contribution in [2.45, 2.75) is 38.1 Å². The molecular formula is C14H24N2O3S2. The summed E-state index contributed by atoms with van der Waals surface area (Å²) in [5.74, 6) is 3.06. The van der Waals surface area contributed by atoms with Crippen LogP contribution in [0.2, 0.25) is 0 Å². The quantitative estimate of drug-likeness (QED) is 0.809. The average Bonchev–Trinajstić information content (AvgIpc) is 2.67. The molecule has 0 spiro atoms. The lowest BCUT2D eigenvalue weighted by atomic mass is 10.4. The van der Waals surface area contributed by atoms with E-state index in [1.54, 1.807) is 17.3 Å². The third kappa shape index (κ3) is 4.25. The molecule has 21 heavy (non-hydrogen) atoms. The molecule has 0 atom stereocenters. The van der Waals surface area contributed by atoms with Gasteiger partial charge in [-0.05, 0) is 32.1 Å². The molecule has 120 valence electrons. The Hall–Kier alpha value is -0.500. The minimum Gasteiger partial charge on any atom is -0.464 e. The van der Waals surface area contributed by atoms with Crippen LogP contribution in [-0.2, 0) is 16.6 Å². The topological polar surface area (TPSA) is 62.6 Å². The van der Waals surface area contributed by atoms with E-state index >= 15 is 0 Å². The summed E-state index contributed by atoms with van der Waals surface area (Å²) < 4.78 is 32.7. The largest absolute Gasteiger partial charge is 0.464 e. The van der Waals surface area contributed by atoms with E-state index in [0.717, 1.165) is 30.9 Å². The van der Waals surface area contributed by atoms with Crippen LogP contribution in [0.4, 0.5) is 0 Å². The second-order valence-electron chi connectivity index (χ2n) is 5.18. The van der Waals surface area contributed by atoms with Gasteiger partial charge < -0.3 is 9.73 Å². The van der Waals surface area contributed by atoms with Crippen LogP contribution in [0.1, 0.15) is 31.3 Å². The molecule has 1 aromatic heterocycles. The van der Waals surface area contributed by atoms with Crippen molar-refractivity contribution in [1.82, 2.24) is 9.62 Å². The Morgan fingerprint density at radius 1 is 1.38 bits per heavy atom. The normalized spacial score (nSPS) is 17.8. The Labute approximate surface area is 131 Å². The van der Waals surface area contributed by atoms with Gasteiger partial charge in [-0.15, -0.1) is 0 Å². The van der Waals surface area contributed by atoms with Crippen LogP contribution in [0.3, 0.4) is 0 Å². The van der Waals surface area contributed by atoms with Crippen molar-refractivity contribution in [3.05, 3.63) is 17.6 Å². The lowest BCUT2D eigenvalue weighted by Crippen LogP contribution is -2.33. The molecule has 1 aliphatic heterocycles. The number of rotatable bonds is 6. The molecule has 1 saturated heterocycles. The van der Waals surface area contributed by atoms with Gasteiger partial charge in [0.25, 0.3) is 0 Å². The van der Waals surface area contributed by atoms with E-state index in [2.05, 4.69) is 12.2 Å². The van der Waals surface area contributed by atoms with Crippen LogP contribution in [0.15, 0.2) is 15.4 Å². The number of aryl methyl sites for hydroxylation is 1. The second-order valence-corrected chi connectivity index (χ2v) is 8.31. The first kappa shape index (κ1) is 16.9. The fourth-order valence-corrected chi connectivity index (χ4v) is 5.03. The van der Waals surface area contributed by atoms with Crippen LogP contribution in [0.25, 0.3) is 0 Å². The molecule has 0 unspecified atom stereocenters. The summed E-state index contributed by atoms with van der Waals surface area (Å²) >= 11 is 1.81. The molecule has 2 heterocycles. The van der Waals surface area contributed by atoms with Crippen LogP contribution < -0.4 is 5.32 Å². The molecule has 0 amide bonds. The van der Waals surface area contributed by atoms with E-state index in [1.165, 1.54) is 0 Å². The van der Waals surface area contributed by atoms with Gasteiger partial charge in [0.2, 0.25) is 10.0 Å². The summed E-state index contributed by atoms with van der Waals surface area (Å²) in [6.07, 6.45) is 1.95. The standard InChI is InChI=1S/C14H24N2O3S2/c1-3-5-15-11-13-10-14(12(2)19-13)21(17,18)16-6-4-8-20-9-7-16/h10,15H,3-9,11H2,1-2H3. The van der Waals surface area contributed by atoms with Crippen LogP contribution in [0, 0.1) is 6.92 Å². The molecule has 1 N–H and O–H groups in total. The predicted molar refractivity (Wildman–Crippen MR) is 86.1 cm³/mol. The zero-order valence-electron chi connectivity index (χ0n) is 12.7. The van der Waals surface area contributed by atoms with Crippen molar-refractivity contribution in [3.8, 4) is 0 Å². The Morgan fingerprint density at radius 2 is 2.19 bits per heavy atom. The molecule has 0 saturated carbocycles. The molecule has 0 aromatic carbocycles. The number of hydrogen-bond acceptors (Lipinski definition) is 5. The molecular weight excluding hydrogens is 308 g/mol. The molecule has 5 nitrogen and oxygen atoms in total. The lowest BCUT2D eigenvalue weighted by Gasteiger charge is -2.18. The monoisotopic (exact) mass is 332 g/mol. The van der Waals surface area contributed by atoms with E-state index in [4.69, 9.17) is 4.42 Å². The van der Waals surface area contributed by atoms with E-state index < -0.39 is 10.0 Å². The molecule has 2 rings (SSSR count). The maximum Gasteiger partial charge on any atom is 0.246 e. The Bertz CT molecular complexity index is 547. The molecule has 1 fully saturated rings. The fourth-order valence-electron chi connectivity index (χ4n) is 2.36. The van der Waals surface area contributed by atoms with Crippen molar-refractivity contribution >= 4 is 21.8 Å². The average molecular weight is 332 g/mol. The first-order chi connectivity index (χ1) is 10.1. The van der Waals surface area contributed by atoms with Crippen LogP contribution >= 0.6 is 11.8 Å². The van der Waals surface area contributed by atoms with Crippen molar-refractivity contribution in [1.29, 1.82) is 0 Å². The molecule has 0 radical (unpaired) electrons. The van der Waals surface area contributed by atoms with Gasteiger partial charge in [0.1, 0.15) is 16.4 Å². The molecule has 1 aliphatic rings. The maximum atomic E-state index is 12.7. The van der Waals surface area contributed by atoms with E-state index in [-0.39, 0.29) is 0 Å². The summed E-state index contributed by atoms with van der Waals surface area (Å²) in [5, 5.41) is 3.23. The number of thioether (sulfide) groups is 1. The SMILES string of the molecule is CCCNCc1cc(S(=O)(=O)N2CCCSCC2)c(C)o1. The van der Waals surface area contributed by atoms with Crippen molar-refractivity contribution in [3.63, 3.8) is 0 Å². The highest BCUT2D eigenvalue weighted by Crippen LogP contribution is 2.25. The zero-order valence-corrected chi connectivity index (χ0v) is 14.4. The van der Waals surface area contributed by atoms with Crippen molar-refractivity contribution < 1.29 is 12.8 Å². The number of sulfonamides is 1. The van der Waals surface area contributed by atoms with Gasteiger partial charge in [0, 0.05) is 24.9 Å². The lowest BCUT2D eigenvalue weighted by molar-refractivity contribution is 0.429. The van der Waals surface area contributed by atoms with Gasteiger partial charge in [0.05, 0.1) is 6.54 Å². The van der Waals surface area contributed by atoms with E-state index in [1.807, 2.05) is 11.8 Å². The molecule has 1 aromatic rings. The van der Waals surface area contributed by atoms with Crippen molar-refractivity contribution in [2.24, 2.45) is 0 Å². The van der Waals surface area contributed by atoms with Crippen molar-refractivity contribution in [2.75, 3.05) is 31.1 Å². The maximum absolute atomic E-state index is 12.7. The highest BCUT2D eigenvalue weighted by Gasteiger charge is 2.29. The Balaban J connectivity index is 2.15. The van der Waals surface area contributed by atoms with E-state index in [9.17, 15) is 8.42 Å². The summed E-state index contributed by atoms with van der Waals surface area (Å²) in [7, 11) is -3.43. The molecule has 0 aliphatic carbocycles. The minimum atomic E-state index is -3.43. The predicted octanol–water partition coefficient (Wildman–Crippen LogP) is 2.22. The summed E-state index contributed by atoms with van der Waals surface area (Å²) in [5.41, 5.74) is 0. The van der Waals surface area contributed by atoms with Crippen LogP contribution in [0.5, 0.6) is 0 Å². The zero-order chi connectivity index (χ0) is 15.3. The number of hydrogen-bond donors (Lipinski definition) is 1. The third-order valence-corrected chi connectivity index (χ3v) is 6.50. The number of nitrogens with one attached hydrogen (secondary N) is 1. The van der Waals surface area contributed by atoms with E-state index in [0.29, 0.717) is 36.1 Å². The summed E-state index contributed by atoms with van der Waals surface area (Å²) in [6.45, 7) is 6.46. The first-order valence-electron chi connectivity index (χ1n) is 7.43.